The second kappa shape index (κ2) is 9.04. The number of benzene rings is 1. The van der Waals surface area contributed by atoms with Crippen LogP contribution >= 0.6 is 0 Å². The number of aliphatic carboxylic acids is 1. The third-order valence-corrected chi connectivity index (χ3v) is 3.42. The summed E-state index contributed by atoms with van der Waals surface area (Å²) in [7, 11) is 0. The molecule has 2 amide bonds. The van der Waals surface area contributed by atoms with E-state index >= 15 is 0 Å². The van der Waals surface area contributed by atoms with E-state index in [1.54, 1.807) is 24.3 Å². The summed E-state index contributed by atoms with van der Waals surface area (Å²) in [5.74, 6) is -2.06. The van der Waals surface area contributed by atoms with Crippen LogP contribution in [0.1, 0.15) is 22.3 Å². The molecule has 0 saturated heterocycles. The van der Waals surface area contributed by atoms with Gasteiger partial charge in [-0.05, 0) is 30.7 Å². The summed E-state index contributed by atoms with van der Waals surface area (Å²) in [6, 6.07) is 7.86. The molecule has 1 heterocycles. The van der Waals surface area contributed by atoms with Gasteiger partial charge in [0.05, 0.1) is 12.8 Å². The van der Waals surface area contributed by atoms with Gasteiger partial charge in [0.1, 0.15) is 0 Å². The zero-order valence-corrected chi connectivity index (χ0v) is 14.2. The molecule has 10 heteroatoms. The van der Waals surface area contributed by atoms with E-state index in [2.05, 4.69) is 16.0 Å². The number of carbonyl (C=O) groups is 3. The maximum absolute atomic E-state index is 12.1. The van der Waals surface area contributed by atoms with E-state index in [1.807, 2.05) is 0 Å². The minimum Gasteiger partial charge on any atom is -0.481 e. The number of hydrogen-bond acceptors (Lipinski definition) is 5. The number of rotatable bonds is 8. The number of carbonyl (C=O) groups excluding carboxylic acids is 2. The first-order valence-corrected chi connectivity index (χ1v) is 7.92. The van der Waals surface area contributed by atoms with Gasteiger partial charge >= 0.3 is 5.97 Å². The van der Waals surface area contributed by atoms with Crippen molar-refractivity contribution in [2.24, 2.45) is 5.73 Å². The zero-order chi connectivity index (χ0) is 19.8. The normalized spacial score (nSPS) is 10.1. The van der Waals surface area contributed by atoms with Gasteiger partial charge in [-0.15, -0.1) is 0 Å². The Labute approximate surface area is 154 Å². The number of aryl methyl sites for hydroxylation is 1. The van der Waals surface area contributed by atoms with E-state index in [4.69, 9.17) is 20.7 Å². The third kappa shape index (κ3) is 6.20. The first kappa shape index (κ1) is 19.5. The minimum absolute atomic E-state index is 0.0935. The van der Waals surface area contributed by atoms with Gasteiger partial charge in [-0.2, -0.15) is 0 Å². The van der Waals surface area contributed by atoms with Gasteiger partial charge in [0.25, 0.3) is 5.91 Å². The van der Waals surface area contributed by atoms with Crippen molar-refractivity contribution in [3.63, 3.8) is 0 Å². The van der Waals surface area contributed by atoms with Crippen LogP contribution in [0, 0.1) is 5.41 Å². The fraction of sp³-hybridized carbons (Fsp3) is 0.176. The number of nitrogens with two attached hydrogens (primary N) is 1. The number of hydrogen-bond donors (Lipinski definition) is 6. The Morgan fingerprint density at radius 2 is 1.96 bits per heavy atom. The number of nitrogens with one attached hydrogen (secondary N) is 4. The summed E-state index contributed by atoms with van der Waals surface area (Å²) in [5.41, 5.74) is 6.55. The van der Waals surface area contributed by atoms with Crippen LogP contribution < -0.4 is 21.7 Å². The molecule has 0 atom stereocenters. The fourth-order valence-electron chi connectivity index (χ4n) is 2.21. The summed E-state index contributed by atoms with van der Waals surface area (Å²) < 4.78 is 5.13. The highest BCUT2D eigenvalue weighted by molar-refractivity contribution is 6.00. The van der Waals surface area contributed by atoms with Crippen molar-refractivity contribution in [2.45, 2.75) is 12.8 Å². The molecule has 1 aromatic heterocycles. The minimum atomic E-state index is -0.956. The van der Waals surface area contributed by atoms with Crippen LogP contribution in [0.25, 0.3) is 0 Å². The van der Waals surface area contributed by atoms with Crippen molar-refractivity contribution in [1.29, 1.82) is 5.41 Å². The highest BCUT2D eigenvalue weighted by Crippen LogP contribution is 2.18. The summed E-state index contributed by atoms with van der Waals surface area (Å²) in [6.45, 7) is -0.303. The van der Waals surface area contributed by atoms with Gasteiger partial charge in [-0.1, -0.05) is 6.07 Å². The SMILES string of the molecule is N=C(N)Nc1cccc(C(=O)NCC(=O)Nc2occc2CCC(=O)O)c1. The van der Waals surface area contributed by atoms with Gasteiger partial charge in [0.15, 0.2) is 5.96 Å². The topological polar surface area (TPSA) is 171 Å². The predicted octanol–water partition coefficient (Wildman–Crippen LogP) is 0.971. The van der Waals surface area contributed by atoms with E-state index in [-0.39, 0.29) is 36.8 Å². The Bertz CT molecular complexity index is 861. The lowest BCUT2D eigenvalue weighted by Crippen LogP contribution is -2.33. The third-order valence-electron chi connectivity index (χ3n) is 3.42. The van der Waals surface area contributed by atoms with Gasteiger partial charge in [0.2, 0.25) is 11.8 Å². The quantitative estimate of drug-likeness (QED) is 0.295. The number of carboxylic acid groups (broad SMARTS) is 1. The first-order valence-electron chi connectivity index (χ1n) is 7.92. The second-order valence-corrected chi connectivity index (χ2v) is 5.52. The number of guanidine groups is 1. The second-order valence-electron chi connectivity index (χ2n) is 5.52. The highest BCUT2D eigenvalue weighted by atomic mass is 16.4. The van der Waals surface area contributed by atoms with Crippen molar-refractivity contribution < 1.29 is 23.9 Å². The maximum atomic E-state index is 12.1. The first-order chi connectivity index (χ1) is 12.8. The molecular formula is C17H19N5O5. The molecule has 0 unspecified atom stereocenters. The summed E-state index contributed by atoms with van der Waals surface area (Å²) in [5, 5.41) is 23.4. The molecule has 142 valence electrons. The summed E-state index contributed by atoms with van der Waals surface area (Å²) in [4.78, 5) is 34.8. The van der Waals surface area contributed by atoms with E-state index in [0.29, 0.717) is 11.3 Å². The molecule has 0 bridgehead atoms. The Kier molecular flexibility index (Phi) is 6.53. The number of amides is 2. The van der Waals surface area contributed by atoms with Crippen molar-refractivity contribution >= 4 is 35.3 Å². The molecule has 0 saturated carbocycles. The van der Waals surface area contributed by atoms with Crippen LogP contribution in [0.4, 0.5) is 11.6 Å². The van der Waals surface area contributed by atoms with Gasteiger partial charge in [-0.25, -0.2) is 0 Å². The molecule has 0 spiro atoms. The summed E-state index contributed by atoms with van der Waals surface area (Å²) in [6.07, 6.45) is 1.46. The monoisotopic (exact) mass is 373 g/mol. The molecule has 2 aromatic rings. The van der Waals surface area contributed by atoms with E-state index in [9.17, 15) is 14.4 Å². The molecule has 27 heavy (non-hydrogen) atoms. The molecule has 0 aliphatic rings. The van der Waals surface area contributed by atoms with Crippen LogP contribution in [-0.4, -0.2) is 35.4 Å². The maximum Gasteiger partial charge on any atom is 0.303 e. The standard InChI is InChI=1S/C17H19N5O5/c18-17(19)21-12-3-1-2-11(8-12)15(26)20-9-13(23)22-16-10(6-7-27-16)4-5-14(24)25/h1-3,6-8H,4-5,9H2,(H,20,26)(H,22,23)(H,24,25)(H4,18,19,21). The average molecular weight is 373 g/mol. The molecule has 1 aromatic carbocycles. The number of carboxylic acids is 1. The van der Waals surface area contributed by atoms with Crippen molar-refractivity contribution in [1.82, 2.24) is 5.32 Å². The lowest BCUT2D eigenvalue weighted by Gasteiger charge is -2.08. The van der Waals surface area contributed by atoms with E-state index < -0.39 is 17.8 Å². The zero-order valence-electron chi connectivity index (χ0n) is 14.2. The predicted molar refractivity (Wildman–Crippen MR) is 97.6 cm³/mol. The molecular weight excluding hydrogens is 354 g/mol. The molecule has 0 aliphatic carbocycles. The smallest absolute Gasteiger partial charge is 0.303 e. The van der Waals surface area contributed by atoms with Crippen LogP contribution in [0.3, 0.4) is 0 Å². The average Bonchev–Trinajstić information content (AvgIpc) is 3.04. The lowest BCUT2D eigenvalue weighted by molar-refractivity contribution is -0.136. The van der Waals surface area contributed by atoms with Crippen LogP contribution in [0.15, 0.2) is 41.0 Å². The molecule has 7 N–H and O–H groups in total. The molecule has 0 fully saturated rings. The number of furan rings is 1. The molecule has 0 aliphatic heterocycles. The molecule has 2 rings (SSSR count). The van der Waals surface area contributed by atoms with Crippen LogP contribution in [0.5, 0.6) is 0 Å². The van der Waals surface area contributed by atoms with E-state index in [1.165, 1.54) is 12.3 Å². The Balaban J connectivity index is 1.89. The lowest BCUT2D eigenvalue weighted by atomic mass is 10.2. The fourth-order valence-corrected chi connectivity index (χ4v) is 2.21. The van der Waals surface area contributed by atoms with Crippen molar-refractivity contribution in [2.75, 3.05) is 17.2 Å². The van der Waals surface area contributed by atoms with Crippen molar-refractivity contribution in [3.8, 4) is 0 Å². The number of anilines is 2. The van der Waals surface area contributed by atoms with Gasteiger partial charge in [-0.3, -0.25) is 25.1 Å². The van der Waals surface area contributed by atoms with Crippen LogP contribution in [-0.2, 0) is 16.0 Å². The Hall–Kier alpha value is -3.82. The van der Waals surface area contributed by atoms with Crippen LogP contribution in [0.2, 0.25) is 0 Å². The Morgan fingerprint density at radius 1 is 1.19 bits per heavy atom. The largest absolute Gasteiger partial charge is 0.481 e. The summed E-state index contributed by atoms with van der Waals surface area (Å²) >= 11 is 0. The Morgan fingerprint density at radius 3 is 2.67 bits per heavy atom. The van der Waals surface area contributed by atoms with E-state index in [0.717, 1.165) is 0 Å². The van der Waals surface area contributed by atoms with Gasteiger partial charge in [0, 0.05) is 23.2 Å². The molecule has 10 nitrogen and oxygen atoms in total. The molecule has 0 radical (unpaired) electrons. The van der Waals surface area contributed by atoms with Gasteiger partial charge < -0.3 is 25.9 Å². The highest BCUT2D eigenvalue weighted by Gasteiger charge is 2.13. The van der Waals surface area contributed by atoms with Crippen molar-refractivity contribution in [3.05, 3.63) is 47.7 Å².